The molecule has 1 N–H and O–H groups in total. The highest BCUT2D eigenvalue weighted by Gasteiger charge is 2.35. The molecule has 4 nitrogen and oxygen atoms in total. The number of aliphatic carboxylic acids is 1. The van der Waals surface area contributed by atoms with Gasteiger partial charge in [0.1, 0.15) is 6.10 Å². The molecule has 0 aromatic carbocycles. The van der Waals surface area contributed by atoms with E-state index < -0.39 is 5.97 Å². The van der Waals surface area contributed by atoms with Gasteiger partial charge in [0, 0.05) is 18.9 Å². The summed E-state index contributed by atoms with van der Waals surface area (Å²) in [6.45, 7) is 11.2. The zero-order valence-corrected chi connectivity index (χ0v) is 12.4. The number of hydrogen-bond acceptors (Lipinski definition) is 3. The second-order valence-corrected chi connectivity index (χ2v) is 5.96. The van der Waals surface area contributed by atoms with Crippen LogP contribution in [0.15, 0.2) is 12.7 Å². The van der Waals surface area contributed by atoms with Crippen molar-refractivity contribution >= 4 is 11.9 Å². The van der Waals surface area contributed by atoms with Crippen LogP contribution in [0.5, 0.6) is 0 Å². The van der Waals surface area contributed by atoms with Crippen LogP contribution in [0.2, 0.25) is 0 Å². The number of ether oxygens (including phenoxy) is 1. The number of hydrogen-bond donors (Lipinski definition) is 1. The van der Waals surface area contributed by atoms with Crippen LogP contribution in [0.3, 0.4) is 0 Å². The molecule has 0 aromatic heterocycles. The van der Waals surface area contributed by atoms with Gasteiger partial charge in [0.05, 0.1) is 0 Å². The second kappa shape index (κ2) is 7.97. The van der Waals surface area contributed by atoms with Crippen molar-refractivity contribution in [3.63, 3.8) is 0 Å². The van der Waals surface area contributed by atoms with Gasteiger partial charge in [0.25, 0.3) is 5.97 Å². The van der Waals surface area contributed by atoms with E-state index in [9.17, 15) is 4.79 Å². The monoisotopic (exact) mass is 270 g/mol. The molecular weight excluding hydrogens is 244 g/mol. The third kappa shape index (κ3) is 7.65. The first kappa shape index (κ1) is 17.7. The van der Waals surface area contributed by atoms with Gasteiger partial charge >= 0.3 is 5.97 Å². The van der Waals surface area contributed by atoms with Crippen molar-refractivity contribution in [2.45, 2.75) is 59.5 Å². The minimum Gasteiger partial charge on any atom is -0.481 e. The Morgan fingerprint density at radius 2 is 1.74 bits per heavy atom. The van der Waals surface area contributed by atoms with E-state index in [0.717, 1.165) is 13.3 Å². The molecule has 1 fully saturated rings. The molecule has 0 heterocycles. The molecule has 1 aliphatic carbocycles. The third-order valence-corrected chi connectivity index (χ3v) is 3.25. The largest absolute Gasteiger partial charge is 0.481 e. The van der Waals surface area contributed by atoms with Crippen molar-refractivity contribution in [3.8, 4) is 0 Å². The van der Waals surface area contributed by atoms with Gasteiger partial charge in [-0.1, -0.05) is 33.8 Å². The van der Waals surface area contributed by atoms with E-state index in [2.05, 4.69) is 27.4 Å². The van der Waals surface area contributed by atoms with Crippen LogP contribution in [-0.2, 0) is 14.3 Å². The Labute approximate surface area is 115 Å². The van der Waals surface area contributed by atoms with Gasteiger partial charge in [-0.25, -0.2) is 4.79 Å². The van der Waals surface area contributed by atoms with Crippen LogP contribution in [-0.4, -0.2) is 23.1 Å². The summed E-state index contributed by atoms with van der Waals surface area (Å²) >= 11 is 0. The van der Waals surface area contributed by atoms with E-state index >= 15 is 0 Å². The quantitative estimate of drug-likeness (QED) is 0.617. The maximum atomic E-state index is 11.2. The fraction of sp³-hybridized carbons (Fsp3) is 0.733. The Balaban J connectivity index is 0.000000711. The summed E-state index contributed by atoms with van der Waals surface area (Å²) in [5.41, 5.74) is 0.215. The van der Waals surface area contributed by atoms with E-state index in [0.29, 0.717) is 5.92 Å². The Morgan fingerprint density at radius 3 is 2.16 bits per heavy atom. The van der Waals surface area contributed by atoms with Gasteiger partial charge in [-0.05, 0) is 24.7 Å². The molecule has 1 aliphatic rings. The lowest BCUT2D eigenvalue weighted by Crippen LogP contribution is -2.37. The first-order valence-electron chi connectivity index (χ1n) is 6.71. The summed E-state index contributed by atoms with van der Waals surface area (Å²) in [4.78, 5) is 20.2. The van der Waals surface area contributed by atoms with E-state index in [-0.39, 0.29) is 17.5 Å². The predicted octanol–water partition coefficient (Wildman–Crippen LogP) is 3.41. The standard InChI is InChI=1S/C13H22O2.C2H4O2/c1-5-12(14)15-11-9-7-6-8-10(11)13(2,3)4;1-2(3)4/h5,10-11H,1,6-9H2,2-4H3;1H3,(H,3,4). The van der Waals surface area contributed by atoms with Crippen LogP contribution >= 0.6 is 0 Å². The van der Waals surface area contributed by atoms with Crippen molar-refractivity contribution in [1.29, 1.82) is 0 Å². The van der Waals surface area contributed by atoms with Crippen LogP contribution in [0.1, 0.15) is 53.4 Å². The first-order chi connectivity index (χ1) is 8.68. The lowest BCUT2D eigenvalue weighted by molar-refractivity contribution is -0.150. The molecule has 0 bridgehead atoms. The zero-order valence-electron chi connectivity index (χ0n) is 12.4. The second-order valence-electron chi connectivity index (χ2n) is 5.96. The van der Waals surface area contributed by atoms with Crippen LogP contribution in [0, 0.1) is 11.3 Å². The Morgan fingerprint density at radius 1 is 1.26 bits per heavy atom. The van der Waals surface area contributed by atoms with E-state index in [4.69, 9.17) is 14.6 Å². The Hall–Kier alpha value is -1.32. The van der Waals surface area contributed by atoms with Crippen molar-refractivity contribution < 1.29 is 19.4 Å². The summed E-state index contributed by atoms with van der Waals surface area (Å²) in [5, 5.41) is 7.42. The molecule has 1 rings (SSSR count). The highest BCUT2D eigenvalue weighted by molar-refractivity contribution is 5.81. The Bertz CT molecular complexity index is 311. The molecular formula is C15H26O4. The van der Waals surface area contributed by atoms with Gasteiger partial charge in [-0.15, -0.1) is 0 Å². The molecule has 1 saturated carbocycles. The highest BCUT2D eigenvalue weighted by Crippen LogP contribution is 2.39. The third-order valence-electron chi connectivity index (χ3n) is 3.25. The predicted molar refractivity (Wildman–Crippen MR) is 74.8 cm³/mol. The highest BCUT2D eigenvalue weighted by atomic mass is 16.5. The zero-order chi connectivity index (χ0) is 15.1. The van der Waals surface area contributed by atoms with Gasteiger partial charge in [0.15, 0.2) is 0 Å². The van der Waals surface area contributed by atoms with Crippen LogP contribution in [0.4, 0.5) is 0 Å². The number of carbonyl (C=O) groups is 2. The molecule has 110 valence electrons. The molecule has 0 saturated heterocycles. The summed E-state index contributed by atoms with van der Waals surface area (Å²) in [7, 11) is 0. The molecule has 2 unspecified atom stereocenters. The molecule has 4 heteroatoms. The SMILES string of the molecule is C=CC(=O)OC1CCCCC1C(C)(C)C.CC(=O)O. The summed E-state index contributed by atoms with van der Waals surface area (Å²) in [6.07, 6.45) is 5.93. The van der Waals surface area contributed by atoms with Crippen molar-refractivity contribution in [2.75, 3.05) is 0 Å². The lowest BCUT2D eigenvalue weighted by Gasteiger charge is -2.39. The molecule has 0 amide bonds. The smallest absolute Gasteiger partial charge is 0.330 e. The maximum absolute atomic E-state index is 11.2. The molecule has 2 atom stereocenters. The molecule has 0 spiro atoms. The molecule has 19 heavy (non-hydrogen) atoms. The number of carbonyl (C=O) groups excluding carboxylic acids is 1. The van der Waals surface area contributed by atoms with Gasteiger partial charge in [0.2, 0.25) is 0 Å². The topological polar surface area (TPSA) is 63.6 Å². The fourth-order valence-corrected chi connectivity index (χ4v) is 2.43. The lowest BCUT2D eigenvalue weighted by atomic mass is 9.71. The fourth-order valence-electron chi connectivity index (χ4n) is 2.43. The minimum atomic E-state index is -0.833. The molecule has 0 aromatic rings. The van der Waals surface area contributed by atoms with Crippen LogP contribution in [0.25, 0.3) is 0 Å². The summed E-state index contributed by atoms with van der Waals surface area (Å²) in [5.74, 6) is -0.633. The molecule has 0 aliphatic heterocycles. The van der Waals surface area contributed by atoms with E-state index in [1.165, 1.54) is 25.3 Å². The van der Waals surface area contributed by atoms with Gasteiger partial charge < -0.3 is 9.84 Å². The number of carboxylic acids is 1. The van der Waals surface area contributed by atoms with Crippen molar-refractivity contribution in [2.24, 2.45) is 11.3 Å². The Kier molecular flexibility index (Phi) is 7.42. The van der Waals surface area contributed by atoms with E-state index in [1.54, 1.807) is 0 Å². The normalized spacial score (nSPS) is 22.7. The van der Waals surface area contributed by atoms with Crippen LogP contribution < -0.4 is 0 Å². The molecule has 0 radical (unpaired) electrons. The van der Waals surface area contributed by atoms with Gasteiger partial charge in [-0.2, -0.15) is 0 Å². The van der Waals surface area contributed by atoms with Gasteiger partial charge in [-0.3, -0.25) is 4.79 Å². The minimum absolute atomic E-state index is 0.0873. The average molecular weight is 270 g/mol. The first-order valence-corrected chi connectivity index (χ1v) is 6.71. The number of carboxylic acid groups (broad SMARTS) is 1. The number of rotatable bonds is 2. The maximum Gasteiger partial charge on any atom is 0.330 e. The van der Waals surface area contributed by atoms with E-state index in [1.807, 2.05) is 0 Å². The summed E-state index contributed by atoms with van der Waals surface area (Å²) in [6, 6.07) is 0. The van der Waals surface area contributed by atoms with Crippen molar-refractivity contribution in [1.82, 2.24) is 0 Å². The van der Waals surface area contributed by atoms with Crippen molar-refractivity contribution in [3.05, 3.63) is 12.7 Å². The average Bonchev–Trinajstić information content (AvgIpc) is 2.27. The number of esters is 1. The summed E-state index contributed by atoms with van der Waals surface area (Å²) < 4.78 is 5.42.